The van der Waals surface area contributed by atoms with Crippen LogP contribution in [0.5, 0.6) is 0 Å². The molecule has 0 radical (unpaired) electrons. The minimum atomic E-state index is -0.613. The van der Waals surface area contributed by atoms with Gasteiger partial charge in [0.15, 0.2) is 5.96 Å². The van der Waals surface area contributed by atoms with Crippen LogP contribution in [-0.4, -0.2) is 59.9 Å². The molecule has 0 aromatic carbocycles. The van der Waals surface area contributed by atoms with E-state index in [1.54, 1.807) is 12.5 Å². The Morgan fingerprint density at radius 1 is 1.39 bits per heavy atom. The third-order valence-electron chi connectivity index (χ3n) is 4.30. The van der Waals surface area contributed by atoms with Gasteiger partial charge in [-0.3, -0.25) is 9.69 Å². The van der Waals surface area contributed by atoms with Crippen molar-refractivity contribution in [1.82, 2.24) is 15.1 Å². The first-order valence-electron chi connectivity index (χ1n) is 8.04. The van der Waals surface area contributed by atoms with E-state index < -0.39 is 5.54 Å². The third kappa shape index (κ3) is 4.25. The zero-order chi connectivity index (χ0) is 16.9. The molecule has 3 N–H and O–H groups in total. The highest BCUT2D eigenvalue weighted by atomic mass is 16.3. The first-order chi connectivity index (χ1) is 10.9. The summed E-state index contributed by atoms with van der Waals surface area (Å²) in [7, 11) is 0. The molecule has 1 aliphatic heterocycles. The average Bonchev–Trinajstić information content (AvgIpc) is 3.05. The zero-order valence-electron chi connectivity index (χ0n) is 14.2. The lowest BCUT2D eigenvalue weighted by atomic mass is 10.0. The lowest BCUT2D eigenvalue weighted by Gasteiger charge is -2.43. The highest BCUT2D eigenvalue weighted by molar-refractivity contribution is 5.84. The van der Waals surface area contributed by atoms with E-state index in [-0.39, 0.29) is 5.91 Å². The van der Waals surface area contributed by atoms with Crippen LogP contribution >= 0.6 is 0 Å². The molecule has 23 heavy (non-hydrogen) atoms. The number of nitrogens with zero attached hydrogens (tertiary/aromatic N) is 3. The molecule has 1 aromatic heterocycles. The smallest absolute Gasteiger partial charge is 0.237 e. The fourth-order valence-corrected chi connectivity index (χ4v) is 2.61. The van der Waals surface area contributed by atoms with Crippen LogP contribution in [0, 0.1) is 0 Å². The average molecular weight is 321 g/mol. The van der Waals surface area contributed by atoms with Crippen LogP contribution in [-0.2, 0) is 11.3 Å². The van der Waals surface area contributed by atoms with Crippen molar-refractivity contribution in [2.45, 2.75) is 32.9 Å². The number of furan rings is 1. The summed E-state index contributed by atoms with van der Waals surface area (Å²) >= 11 is 0. The number of amides is 1. The van der Waals surface area contributed by atoms with Gasteiger partial charge in [0.2, 0.25) is 5.91 Å². The molecule has 128 valence electrons. The summed E-state index contributed by atoms with van der Waals surface area (Å²) in [5.74, 6) is 0.608. The Kier molecular flexibility index (Phi) is 5.65. The van der Waals surface area contributed by atoms with E-state index in [0.29, 0.717) is 6.54 Å². The van der Waals surface area contributed by atoms with Crippen molar-refractivity contribution >= 4 is 11.9 Å². The highest BCUT2D eigenvalue weighted by Crippen LogP contribution is 2.16. The molecule has 1 amide bonds. The Labute approximate surface area is 137 Å². The van der Waals surface area contributed by atoms with Crippen LogP contribution in [0.25, 0.3) is 0 Å². The van der Waals surface area contributed by atoms with Crippen molar-refractivity contribution in [3.63, 3.8) is 0 Å². The SMILES string of the molecule is CCNC(=NCc1ccoc1)N1CCN(C(C)(C)C(N)=O)CC1. The molecule has 7 nitrogen and oxygen atoms in total. The maximum absolute atomic E-state index is 11.6. The van der Waals surface area contributed by atoms with Crippen molar-refractivity contribution in [2.75, 3.05) is 32.7 Å². The first kappa shape index (κ1) is 17.3. The number of carbonyl (C=O) groups is 1. The van der Waals surface area contributed by atoms with Gasteiger partial charge in [0, 0.05) is 38.3 Å². The van der Waals surface area contributed by atoms with E-state index in [2.05, 4.69) is 27.0 Å². The van der Waals surface area contributed by atoms with E-state index in [1.165, 1.54) is 0 Å². The van der Waals surface area contributed by atoms with Gasteiger partial charge in [-0.05, 0) is 26.8 Å². The van der Waals surface area contributed by atoms with Crippen molar-refractivity contribution in [3.8, 4) is 0 Å². The van der Waals surface area contributed by atoms with Crippen molar-refractivity contribution in [2.24, 2.45) is 10.7 Å². The summed E-state index contributed by atoms with van der Waals surface area (Å²) in [5.41, 5.74) is 5.94. The summed E-state index contributed by atoms with van der Waals surface area (Å²) in [6, 6.07) is 1.92. The van der Waals surface area contributed by atoms with Gasteiger partial charge in [0.1, 0.15) is 0 Å². The molecule has 0 atom stereocenters. The Morgan fingerprint density at radius 3 is 2.61 bits per heavy atom. The van der Waals surface area contributed by atoms with Crippen molar-refractivity contribution in [3.05, 3.63) is 24.2 Å². The Balaban J connectivity index is 1.97. The van der Waals surface area contributed by atoms with Crippen LogP contribution in [0.1, 0.15) is 26.3 Å². The van der Waals surface area contributed by atoms with E-state index in [4.69, 9.17) is 10.2 Å². The summed E-state index contributed by atoms with van der Waals surface area (Å²) in [5, 5.41) is 3.33. The molecular formula is C16H27N5O2. The van der Waals surface area contributed by atoms with Gasteiger partial charge < -0.3 is 20.4 Å². The summed E-state index contributed by atoms with van der Waals surface area (Å²) in [4.78, 5) is 20.6. The van der Waals surface area contributed by atoms with Gasteiger partial charge in [-0.2, -0.15) is 0 Å². The van der Waals surface area contributed by atoms with Gasteiger partial charge in [-0.15, -0.1) is 0 Å². The third-order valence-corrected chi connectivity index (χ3v) is 4.30. The van der Waals surface area contributed by atoms with Crippen molar-refractivity contribution in [1.29, 1.82) is 0 Å². The number of rotatable bonds is 5. The molecule has 1 fully saturated rings. The number of hydrogen-bond donors (Lipinski definition) is 2. The monoisotopic (exact) mass is 321 g/mol. The second kappa shape index (κ2) is 7.50. The lowest BCUT2D eigenvalue weighted by molar-refractivity contribution is -0.129. The summed E-state index contributed by atoms with van der Waals surface area (Å²) in [6.45, 7) is 10.4. The maximum atomic E-state index is 11.6. The minimum absolute atomic E-state index is 0.286. The molecule has 1 saturated heterocycles. The largest absolute Gasteiger partial charge is 0.472 e. The molecule has 0 unspecified atom stereocenters. The number of guanidine groups is 1. The zero-order valence-corrected chi connectivity index (χ0v) is 14.2. The predicted molar refractivity (Wildman–Crippen MR) is 89.9 cm³/mol. The molecule has 7 heteroatoms. The molecule has 1 aromatic rings. The second-order valence-electron chi connectivity index (χ2n) is 6.20. The topological polar surface area (TPSA) is 87.1 Å². The summed E-state index contributed by atoms with van der Waals surface area (Å²) < 4.78 is 5.07. The van der Waals surface area contributed by atoms with Gasteiger partial charge in [0.25, 0.3) is 0 Å². The number of hydrogen-bond acceptors (Lipinski definition) is 4. The number of primary amides is 1. The highest BCUT2D eigenvalue weighted by Gasteiger charge is 2.35. The number of aliphatic imine (C=N–C) groups is 1. The number of nitrogens with one attached hydrogen (secondary N) is 1. The molecule has 2 heterocycles. The molecule has 0 saturated carbocycles. The van der Waals surface area contributed by atoms with E-state index in [1.807, 2.05) is 19.9 Å². The molecule has 0 spiro atoms. The quantitative estimate of drug-likeness (QED) is 0.613. The van der Waals surface area contributed by atoms with Crippen LogP contribution in [0.3, 0.4) is 0 Å². The normalized spacial score (nSPS) is 17.3. The standard InChI is InChI=1S/C16H27N5O2/c1-4-18-15(19-11-13-5-10-23-12-13)20-6-8-21(9-7-20)16(2,3)14(17)22/h5,10,12H,4,6-9,11H2,1-3H3,(H2,17,22)(H,18,19). The Bertz CT molecular complexity index is 531. The second-order valence-corrected chi connectivity index (χ2v) is 6.20. The Hall–Kier alpha value is -2.02. The molecule has 1 aliphatic rings. The fraction of sp³-hybridized carbons (Fsp3) is 0.625. The van der Waals surface area contributed by atoms with Crippen LogP contribution < -0.4 is 11.1 Å². The first-order valence-corrected chi connectivity index (χ1v) is 8.04. The lowest BCUT2D eigenvalue weighted by Crippen LogP contribution is -2.61. The molecular weight excluding hydrogens is 294 g/mol. The number of carbonyl (C=O) groups excluding carboxylic acids is 1. The Morgan fingerprint density at radius 2 is 2.09 bits per heavy atom. The van der Waals surface area contributed by atoms with E-state index in [9.17, 15) is 4.79 Å². The van der Waals surface area contributed by atoms with Crippen LogP contribution in [0.4, 0.5) is 0 Å². The van der Waals surface area contributed by atoms with Gasteiger partial charge in [-0.1, -0.05) is 0 Å². The molecule has 2 rings (SSSR count). The molecule has 0 bridgehead atoms. The van der Waals surface area contributed by atoms with Gasteiger partial charge in [-0.25, -0.2) is 4.99 Å². The summed E-state index contributed by atoms with van der Waals surface area (Å²) in [6.07, 6.45) is 3.36. The molecule has 0 aliphatic carbocycles. The predicted octanol–water partition coefficient (Wildman–Crippen LogP) is 0.627. The van der Waals surface area contributed by atoms with Crippen molar-refractivity contribution < 1.29 is 9.21 Å². The van der Waals surface area contributed by atoms with Gasteiger partial charge in [0.05, 0.1) is 24.6 Å². The van der Waals surface area contributed by atoms with Gasteiger partial charge >= 0.3 is 0 Å². The van der Waals surface area contributed by atoms with E-state index in [0.717, 1.165) is 44.2 Å². The van der Waals surface area contributed by atoms with Crippen LogP contribution in [0.15, 0.2) is 28.0 Å². The number of nitrogens with two attached hydrogens (primary N) is 1. The van der Waals surface area contributed by atoms with Crippen LogP contribution in [0.2, 0.25) is 0 Å². The minimum Gasteiger partial charge on any atom is -0.472 e. The maximum Gasteiger partial charge on any atom is 0.237 e. The fourth-order valence-electron chi connectivity index (χ4n) is 2.61. The van der Waals surface area contributed by atoms with E-state index >= 15 is 0 Å². The number of piperazine rings is 1.